The predicted octanol–water partition coefficient (Wildman–Crippen LogP) is 4.23. The summed E-state index contributed by atoms with van der Waals surface area (Å²) >= 11 is 0. The zero-order valence-electron chi connectivity index (χ0n) is 15.4. The van der Waals surface area contributed by atoms with E-state index in [1.807, 2.05) is 12.1 Å². The maximum absolute atomic E-state index is 6.09. The minimum absolute atomic E-state index is 0.212. The fourth-order valence-electron chi connectivity index (χ4n) is 3.58. The van der Waals surface area contributed by atoms with Gasteiger partial charge in [0.1, 0.15) is 6.61 Å². The third-order valence-electron chi connectivity index (χ3n) is 5.04. The Hall–Kier alpha value is -1.52. The van der Waals surface area contributed by atoms with Gasteiger partial charge in [0, 0.05) is 18.7 Å². The van der Waals surface area contributed by atoms with E-state index in [-0.39, 0.29) is 6.10 Å². The van der Waals surface area contributed by atoms with Crippen LogP contribution in [0.4, 0.5) is 0 Å². The molecule has 0 radical (unpaired) electrons. The molecular formula is C21H31NO3. The van der Waals surface area contributed by atoms with Gasteiger partial charge in [-0.25, -0.2) is 0 Å². The monoisotopic (exact) mass is 345 g/mol. The van der Waals surface area contributed by atoms with E-state index in [1.54, 1.807) is 12.7 Å². The van der Waals surface area contributed by atoms with E-state index in [0.29, 0.717) is 6.61 Å². The Morgan fingerprint density at radius 1 is 1.24 bits per heavy atom. The molecule has 0 bridgehead atoms. The van der Waals surface area contributed by atoms with Crippen molar-refractivity contribution in [3.63, 3.8) is 0 Å². The van der Waals surface area contributed by atoms with Crippen molar-refractivity contribution < 1.29 is 14.2 Å². The Bertz CT molecular complexity index is 564. The van der Waals surface area contributed by atoms with Crippen LogP contribution in [-0.4, -0.2) is 33.0 Å². The number of allylic oxidation sites excluding steroid dienone is 1. The van der Waals surface area contributed by atoms with Crippen LogP contribution in [-0.2, 0) is 11.3 Å². The zero-order chi connectivity index (χ0) is 17.3. The van der Waals surface area contributed by atoms with Gasteiger partial charge >= 0.3 is 0 Å². The molecule has 1 atom stereocenters. The third-order valence-corrected chi connectivity index (χ3v) is 5.04. The minimum Gasteiger partial charge on any atom is -0.493 e. The van der Waals surface area contributed by atoms with Gasteiger partial charge in [-0.2, -0.15) is 0 Å². The van der Waals surface area contributed by atoms with Gasteiger partial charge in [0.05, 0.1) is 13.2 Å². The van der Waals surface area contributed by atoms with Gasteiger partial charge in [-0.3, -0.25) is 0 Å². The molecule has 4 nitrogen and oxygen atoms in total. The van der Waals surface area contributed by atoms with Crippen molar-refractivity contribution in [3.8, 4) is 11.5 Å². The highest BCUT2D eigenvalue weighted by atomic mass is 16.5. The summed E-state index contributed by atoms with van der Waals surface area (Å²) in [5, 5.41) is 3.56. The maximum Gasteiger partial charge on any atom is 0.165 e. The third kappa shape index (κ3) is 5.48. The van der Waals surface area contributed by atoms with E-state index in [4.69, 9.17) is 14.2 Å². The van der Waals surface area contributed by atoms with E-state index in [0.717, 1.165) is 56.0 Å². The maximum atomic E-state index is 6.09. The molecular weight excluding hydrogens is 314 g/mol. The molecule has 4 heteroatoms. The van der Waals surface area contributed by atoms with Crippen molar-refractivity contribution >= 4 is 0 Å². The van der Waals surface area contributed by atoms with Crippen LogP contribution in [0.2, 0.25) is 0 Å². The van der Waals surface area contributed by atoms with E-state index in [9.17, 15) is 0 Å². The SMILES string of the molecule is COc1cccc(CNCCC2=CCCCC2)c1OCC1CCCO1. The van der Waals surface area contributed by atoms with E-state index < -0.39 is 0 Å². The lowest BCUT2D eigenvalue weighted by Crippen LogP contribution is -2.19. The number of nitrogens with one attached hydrogen (secondary N) is 1. The molecule has 2 aliphatic rings. The normalized spacial score (nSPS) is 20.4. The zero-order valence-corrected chi connectivity index (χ0v) is 15.4. The van der Waals surface area contributed by atoms with Gasteiger partial charge < -0.3 is 19.5 Å². The molecule has 25 heavy (non-hydrogen) atoms. The molecule has 1 saturated heterocycles. The van der Waals surface area contributed by atoms with Crippen molar-refractivity contribution in [1.82, 2.24) is 5.32 Å². The van der Waals surface area contributed by atoms with Crippen molar-refractivity contribution in [1.29, 1.82) is 0 Å². The summed E-state index contributed by atoms with van der Waals surface area (Å²) in [6.07, 6.45) is 11.2. The molecule has 0 aromatic heterocycles. The number of rotatable bonds is 9. The summed E-state index contributed by atoms with van der Waals surface area (Å²) in [6.45, 7) is 3.25. The lowest BCUT2D eigenvalue weighted by molar-refractivity contribution is 0.0666. The first-order valence-corrected chi connectivity index (χ1v) is 9.65. The van der Waals surface area contributed by atoms with Crippen LogP contribution < -0.4 is 14.8 Å². The predicted molar refractivity (Wildman–Crippen MR) is 100 cm³/mol. The Labute approximate surface area is 151 Å². The molecule has 1 aliphatic heterocycles. The molecule has 1 aromatic rings. The van der Waals surface area contributed by atoms with Gasteiger partial charge in [-0.15, -0.1) is 0 Å². The molecule has 1 aliphatic carbocycles. The smallest absolute Gasteiger partial charge is 0.165 e. The molecule has 0 spiro atoms. The van der Waals surface area contributed by atoms with E-state index >= 15 is 0 Å². The summed E-state index contributed by atoms with van der Waals surface area (Å²) in [5.41, 5.74) is 2.76. The van der Waals surface area contributed by atoms with Crippen molar-refractivity contribution in [2.24, 2.45) is 0 Å². The molecule has 0 amide bonds. The fraction of sp³-hybridized carbons (Fsp3) is 0.619. The van der Waals surface area contributed by atoms with Crippen LogP contribution in [0.3, 0.4) is 0 Å². The minimum atomic E-state index is 0.212. The number of benzene rings is 1. The quantitative estimate of drug-likeness (QED) is 0.537. The second-order valence-electron chi connectivity index (χ2n) is 6.93. The first kappa shape index (κ1) is 18.3. The first-order valence-electron chi connectivity index (χ1n) is 9.65. The highest BCUT2D eigenvalue weighted by Crippen LogP contribution is 2.32. The van der Waals surface area contributed by atoms with Crippen LogP contribution in [0.25, 0.3) is 0 Å². The summed E-state index contributed by atoms with van der Waals surface area (Å²) in [5.74, 6) is 1.65. The molecule has 0 saturated carbocycles. The van der Waals surface area contributed by atoms with Gasteiger partial charge in [0.25, 0.3) is 0 Å². The molecule has 1 heterocycles. The Morgan fingerprint density at radius 3 is 2.96 bits per heavy atom. The Balaban J connectivity index is 1.52. The highest BCUT2D eigenvalue weighted by molar-refractivity contribution is 5.46. The van der Waals surface area contributed by atoms with Crippen LogP contribution in [0, 0.1) is 0 Å². The van der Waals surface area contributed by atoms with Gasteiger partial charge in [-0.1, -0.05) is 23.8 Å². The standard InChI is InChI=1S/C21H31NO3/c1-23-20-11-5-9-18(21(20)25-16-19-10-6-14-24-19)15-22-13-12-17-7-3-2-4-8-17/h5,7,9,11,19,22H,2-4,6,8,10,12-16H2,1H3. The van der Waals surface area contributed by atoms with Crippen LogP contribution >= 0.6 is 0 Å². The summed E-state index contributed by atoms with van der Waals surface area (Å²) in [7, 11) is 1.70. The number of para-hydroxylation sites is 1. The second-order valence-corrected chi connectivity index (χ2v) is 6.93. The molecule has 1 N–H and O–H groups in total. The first-order chi connectivity index (χ1) is 12.4. The lowest BCUT2D eigenvalue weighted by Gasteiger charge is -2.18. The van der Waals surface area contributed by atoms with Crippen molar-refractivity contribution in [3.05, 3.63) is 35.4 Å². The number of ether oxygens (including phenoxy) is 3. The molecule has 1 unspecified atom stereocenters. The largest absolute Gasteiger partial charge is 0.493 e. The Morgan fingerprint density at radius 2 is 2.20 bits per heavy atom. The van der Waals surface area contributed by atoms with Crippen LogP contribution in [0.15, 0.2) is 29.8 Å². The lowest BCUT2D eigenvalue weighted by atomic mass is 9.97. The number of hydrogen-bond donors (Lipinski definition) is 1. The summed E-state index contributed by atoms with van der Waals surface area (Å²) in [4.78, 5) is 0. The number of methoxy groups -OCH3 is 1. The van der Waals surface area contributed by atoms with Gasteiger partial charge in [0.15, 0.2) is 11.5 Å². The van der Waals surface area contributed by atoms with E-state index in [1.165, 1.54) is 25.7 Å². The van der Waals surface area contributed by atoms with E-state index in [2.05, 4.69) is 17.5 Å². The topological polar surface area (TPSA) is 39.7 Å². The Kier molecular flexibility index (Phi) is 7.19. The van der Waals surface area contributed by atoms with Crippen LogP contribution in [0.5, 0.6) is 11.5 Å². The summed E-state index contributed by atoms with van der Waals surface area (Å²) < 4.78 is 17.3. The number of hydrogen-bond acceptors (Lipinski definition) is 4. The molecule has 138 valence electrons. The molecule has 3 rings (SSSR count). The molecule has 1 fully saturated rings. The van der Waals surface area contributed by atoms with Crippen molar-refractivity contribution in [2.45, 2.75) is 57.6 Å². The average Bonchev–Trinajstić information content (AvgIpc) is 3.18. The average molecular weight is 345 g/mol. The molecule has 1 aromatic carbocycles. The summed E-state index contributed by atoms with van der Waals surface area (Å²) in [6, 6.07) is 6.10. The van der Waals surface area contributed by atoms with Gasteiger partial charge in [-0.05, 0) is 57.6 Å². The van der Waals surface area contributed by atoms with Crippen LogP contribution in [0.1, 0.15) is 50.5 Å². The van der Waals surface area contributed by atoms with Crippen molar-refractivity contribution in [2.75, 3.05) is 26.9 Å². The fourth-order valence-corrected chi connectivity index (χ4v) is 3.58. The van der Waals surface area contributed by atoms with Gasteiger partial charge in [0.2, 0.25) is 0 Å². The highest BCUT2D eigenvalue weighted by Gasteiger charge is 2.18. The second kappa shape index (κ2) is 9.83.